The minimum atomic E-state index is -1.40. The van der Waals surface area contributed by atoms with Crippen molar-refractivity contribution in [2.45, 2.75) is 19.9 Å². The lowest BCUT2D eigenvalue weighted by atomic mass is 10.0. The van der Waals surface area contributed by atoms with E-state index in [2.05, 4.69) is 0 Å². The van der Waals surface area contributed by atoms with Crippen LogP contribution in [0.15, 0.2) is 29.2 Å². The highest BCUT2D eigenvalue weighted by Gasteiger charge is 2.39. The molecule has 9 heteroatoms. The Morgan fingerprint density at radius 3 is 2.54 bits per heavy atom. The average molecular weight is 365 g/mol. The first-order valence-corrected chi connectivity index (χ1v) is 8.18. The topological polar surface area (TPSA) is 104 Å². The maximum Gasteiger partial charge on any atom is 0.276 e. The summed E-state index contributed by atoms with van der Waals surface area (Å²) < 4.78 is 0.0905. The lowest BCUT2D eigenvalue weighted by molar-refractivity contribution is -0.385. The van der Waals surface area contributed by atoms with E-state index in [9.17, 15) is 24.8 Å². The molecule has 0 aromatic heterocycles. The third kappa shape index (κ3) is 3.46. The van der Waals surface area contributed by atoms with E-state index in [0.717, 1.165) is 16.7 Å². The maximum atomic E-state index is 12.5. The molecule has 1 amide bonds. The molecule has 2 rings (SSSR count). The molecule has 1 atom stereocenters. The van der Waals surface area contributed by atoms with Crippen LogP contribution in [0.5, 0.6) is 0 Å². The van der Waals surface area contributed by atoms with Crippen LogP contribution in [0.1, 0.15) is 19.4 Å². The van der Waals surface area contributed by atoms with Crippen molar-refractivity contribution in [3.63, 3.8) is 0 Å². The largest absolute Gasteiger partial charge is 0.548 e. The van der Waals surface area contributed by atoms with Crippen molar-refractivity contribution in [1.29, 1.82) is 0 Å². The molecule has 1 fully saturated rings. The van der Waals surface area contributed by atoms with Crippen molar-refractivity contribution >= 4 is 51.9 Å². The number of amides is 1. The molecule has 1 aliphatic rings. The van der Waals surface area contributed by atoms with E-state index in [-0.39, 0.29) is 20.5 Å². The van der Waals surface area contributed by atoms with Crippen LogP contribution in [0.3, 0.4) is 0 Å². The quantitative estimate of drug-likeness (QED) is 0.338. The summed E-state index contributed by atoms with van der Waals surface area (Å²) in [6.45, 7) is 3.29. The van der Waals surface area contributed by atoms with Crippen LogP contribution in [-0.4, -0.2) is 32.1 Å². The zero-order valence-electron chi connectivity index (χ0n) is 12.8. The van der Waals surface area contributed by atoms with Crippen LogP contribution in [0, 0.1) is 16.0 Å². The number of thiocarbonyl (C=S) groups is 1. The molecular formula is C15H13N2O5S2-. The Morgan fingerprint density at radius 2 is 2.00 bits per heavy atom. The van der Waals surface area contributed by atoms with Crippen molar-refractivity contribution in [3.8, 4) is 0 Å². The van der Waals surface area contributed by atoms with Gasteiger partial charge in [0.15, 0.2) is 0 Å². The number of thioether (sulfide) groups is 1. The van der Waals surface area contributed by atoms with Gasteiger partial charge in [-0.15, -0.1) is 0 Å². The fourth-order valence-corrected chi connectivity index (χ4v) is 3.63. The first kappa shape index (κ1) is 18.1. The fraction of sp³-hybridized carbons (Fsp3) is 0.267. The number of nitro benzene ring substituents is 1. The van der Waals surface area contributed by atoms with Gasteiger partial charge in [0.1, 0.15) is 4.32 Å². The minimum absolute atomic E-state index is 0.0905. The molecule has 0 unspecified atom stereocenters. The number of carbonyl (C=O) groups is 2. The predicted molar refractivity (Wildman–Crippen MR) is 91.7 cm³/mol. The second-order valence-corrected chi connectivity index (χ2v) is 7.05. The number of hydrogen-bond acceptors (Lipinski definition) is 7. The standard InChI is InChI=1S/C15H14N2O5S2/c1-8(2)12(14(19)20)16-13(18)11(24-15(16)23)7-9-5-3-4-6-10(9)17(21)22/h3-8,12H,1-2H3,(H,19,20)/p-1/b11-7+/t12-/m0/s1. The summed E-state index contributed by atoms with van der Waals surface area (Å²) >= 11 is 6.03. The van der Waals surface area contributed by atoms with Crippen LogP contribution >= 0.6 is 24.0 Å². The Morgan fingerprint density at radius 1 is 1.38 bits per heavy atom. The number of aliphatic carboxylic acids is 1. The molecule has 0 bridgehead atoms. The Labute approximate surface area is 147 Å². The summed E-state index contributed by atoms with van der Waals surface area (Å²) in [5.74, 6) is -2.39. The van der Waals surface area contributed by atoms with E-state index in [1.54, 1.807) is 19.9 Å². The second kappa shape index (κ2) is 7.10. The first-order valence-electron chi connectivity index (χ1n) is 6.95. The van der Waals surface area contributed by atoms with Crippen molar-refractivity contribution < 1.29 is 19.6 Å². The molecule has 0 saturated carbocycles. The van der Waals surface area contributed by atoms with Crippen molar-refractivity contribution in [3.05, 3.63) is 44.8 Å². The van der Waals surface area contributed by atoms with Crippen LogP contribution in [0.2, 0.25) is 0 Å². The van der Waals surface area contributed by atoms with Crippen LogP contribution in [-0.2, 0) is 9.59 Å². The van der Waals surface area contributed by atoms with Crippen LogP contribution in [0.25, 0.3) is 6.08 Å². The second-order valence-electron chi connectivity index (χ2n) is 5.38. The number of para-hydroxylation sites is 1. The highest BCUT2D eigenvalue weighted by molar-refractivity contribution is 8.26. The van der Waals surface area contributed by atoms with E-state index < -0.39 is 28.8 Å². The Hall–Kier alpha value is -2.26. The van der Waals surface area contributed by atoms with Crippen molar-refractivity contribution in [1.82, 2.24) is 4.90 Å². The number of carboxylic acid groups (broad SMARTS) is 1. The van der Waals surface area contributed by atoms with Gasteiger partial charge in [-0.05, 0) is 18.1 Å². The van der Waals surface area contributed by atoms with Gasteiger partial charge >= 0.3 is 0 Å². The van der Waals surface area contributed by atoms with Crippen LogP contribution in [0.4, 0.5) is 5.69 Å². The molecular weight excluding hydrogens is 352 g/mol. The van der Waals surface area contributed by atoms with Gasteiger partial charge in [0.2, 0.25) is 0 Å². The Kier molecular flexibility index (Phi) is 5.35. The molecule has 126 valence electrons. The molecule has 0 radical (unpaired) electrons. The highest BCUT2D eigenvalue weighted by atomic mass is 32.2. The maximum absolute atomic E-state index is 12.5. The summed E-state index contributed by atoms with van der Waals surface area (Å²) in [7, 11) is 0. The number of hydrogen-bond donors (Lipinski definition) is 0. The molecule has 7 nitrogen and oxygen atoms in total. The molecule has 0 aliphatic carbocycles. The summed E-state index contributed by atoms with van der Waals surface area (Å²) in [6, 6.07) is 4.77. The average Bonchev–Trinajstić information content (AvgIpc) is 2.75. The zero-order chi connectivity index (χ0) is 18.0. The molecule has 1 aromatic carbocycles. The summed E-state index contributed by atoms with van der Waals surface area (Å²) in [6.07, 6.45) is 1.35. The Bertz CT molecular complexity index is 760. The number of benzene rings is 1. The summed E-state index contributed by atoms with van der Waals surface area (Å²) in [4.78, 5) is 35.5. The SMILES string of the molecule is CC(C)[C@@H](C(=O)[O-])N1C(=O)/C(=C\c2ccccc2[N+](=O)[O-])SC1=S. The fourth-order valence-electron chi connectivity index (χ4n) is 2.31. The van der Waals surface area contributed by atoms with Gasteiger partial charge in [0.05, 0.1) is 27.4 Å². The normalized spacial score (nSPS) is 17.6. The van der Waals surface area contributed by atoms with E-state index in [1.165, 1.54) is 24.3 Å². The Balaban J connectivity index is 2.42. The van der Waals surface area contributed by atoms with E-state index in [4.69, 9.17) is 12.2 Å². The molecule has 1 aliphatic heterocycles. The predicted octanol–water partition coefficient (Wildman–Crippen LogP) is 1.57. The van der Waals surface area contributed by atoms with Gasteiger partial charge in [-0.3, -0.25) is 19.8 Å². The van der Waals surface area contributed by atoms with Crippen molar-refractivity contribution in [2.24, 2.45) is 5.92 Å². The van der Waals surface area contributed by atoms with E-state index in [1.807, 2.05) is 0 Å². The number of carboxylic acids is 1. The molecule has 1 aromatic rings. The first-order chi connectivity index (χ1) is 11.2. The molecule has 1 saturated heterocycles. The van der Waals surface area contributed by atoms with Gasteiger partial charge in [-0.2, -0.15) is 0 Å². The summed E-state index contributed by atoms with van der Waals surface area (Å²) in [5.41, 5.74) is 0.0978. The molecule has 0 spiro atoms. The van der Waals surface area contributed by atoms with Gasteiger partial charge in [0, 0.05) is 6.07 Å². The third-order valence-corrected chi connectivity index (χ3v) is 4.73. The number of nitrogens with zero attached hydrogens (tertiary/aromatic N) is 2. The minimum Gasteiger partial charge on any atom is -0.548 e. The monoisotopic (exact) mass is 365 g/mol. The molecule has 24 heavy (non-hydrogen) atoms. The van der Waals surface area contributed by atoms with E-state index in [0.29, 0.717) is 0 Å². The van der Waals surface area contributed by atoms with Gasteiger partial charge in [-0.1, -0.05) is 50.0 Å². The lowest BCUT2D eigenvalue weighted by Crippen LogP contribution is -2.52. The van der Waals surface area contributed by atoms with Gasteiger partial charge < -0.3 is 9.90 Å². The zero-order valence-corrected chi connectivity index (χ0v) is 14.4. The lowest BCUT2D eigenvalue weighted by Gasteiger charge is -2.30. The number of nitro groups is 1. The summed E-state index contributed by atoms with van der Waals surface area (Å²) in [5, 5.41) is 22.4. The molecule has 1 heterocycles. The highest BCUT2D eigenvalue weighted by Crippen LogP contribution is 2.36. The smallest absolute Gasteiger partial charge is 0.276 e. The van der Waals surface area contributed by atoms with Gasteiger partial charge in [-0.25, -0.2) is 0 Å². The third-order valence-electron chi connectivity index (χ3n) is 3.39. The van der Waals surface area contributed by atoms with Crippen LogP contribution < -0.4 is 5.11 Å². The number of rotatable bonds is 5. The van der Waals surface area contributed by atoms with E-state index >= 15 is 0 Å². The molecule has 0 N–H and O–H groups in total. The van der Waals surface area contributed by atoms with Gasteiger partial charge in [0.25, 0.3) is 11.6 Å². The number of carbonyl (C=O) groups excluding carboxylic acids is 2. The van der Waals surface area contributed by atoms with Crippen molar-refractivity contribution in [2.75, 3.05) is 0 Å².